The lowest BCUT2D eigenvalue weighted by Gasteiger charge is -2.23. The molecule has 1 fully saturated rings. The topological polar surface area (TPSA) is 62.1 Å². The van der Waals surface area contributed by atoms with Gasteiger partial charge in [-0.2, -0.15) is 18.4 Å². The predicted octanol–water partition coefficient (Wildman–Crippen LogP) is 5.57. The van der Waals surface area contributed by atoms with Crippen LogP contribution in [-0.2, 0) is 17.4 Å². The molecule has 1 atom stereocenters. The van der Waals surface area contributed by atoms with Crippen molar-refractivity contribution in [1.29, 1.82) is 5.26 Å². The lowest BCUT2D eigenvalue weighted by Crippen LogP contribution is -2.30. The van der Waals surface area contributed by atoms with Gasteiger partial charge in [0.1, 0.15) is 5.75 Å². The SMILES string of the molecule is COc1ccc(CC(C(=O)Nc2ccc(C#N)c(C(F)(F)F)c2)C2CCCC2)cc1. The Kier molecular flexibility index (Phi) is 6.66. The summed E-state index contributed by atoms with van der Waals surface area (Å²) in [6.45, 7) is 0. The van der Waals surface area contributed by atoms with E-state index in [-0.39, 0.29) is 23.4 Å². The summed E-state index contributed by atoms with van der Waals surface area (Å²) >= 11 is 0. The van der Waals surface area contributed by atoms with Crippen LogP contribution in [0.5, 0.6) is 5.75 Å². The maximum Gasteiger partial charge on any atom is 0.417 e. The molecule has 30 heavy (non-hydrogen) atoms. The van der Waals surface area contributed by atoms with Gasteiger partial charge in [-0.05, 0) is 61.1 Å². The second-order valence-electron chi connectivity index (χ2n) is 7.56. The standard InChI is InChI=1S/C23H23F3N2O2/c1-30-19-10-6-15(7-11-19)12-20(16-4-2-3-5-16)22(29)28-18-9-8-17(14-27)21(13-18)23(24,25)26/h6-11,13,16,20H,2-5,12H2,1H3,(H,28,29). The number of anilines is 1. The van der Waals surface area contributed by atoms with Crippen LogP contribution in [-0.4, -0.2) is 13.0 Å². The van der Waals surface area contributed by atoms with Gasteiger partial charge < -0.3 is 10.1 Å². The van der Waals surface area contributed by atoms with E-state index in [9.17, 15) is 18.0 Å². The third kappa shape index (κ3) is 5.12. The molecular formula is C23H23F3N2O2. The first-order chi connectivity index (χ1) is 14.3. The summed E-state index contributed by atoms with van der Waals surface area (Å²) in [4.78, 5) is 13.1. The number of nitriles is 1. The molecule has 158 valence electrons. The number of ether oxygens (including phenoxy) is 1. The third-order valence-electron chi connectivity index (χ3n) is 5.63. The molecule has 2 aromatic carbocycles. The van der Waals surface area contributed by atoms with Crippen LogP contribution in [0.15, 0.2) is 42.5 Å². The molecule has 7 heteroatoms. The number of nitrogens with one attached hydrogen (secondary N) is 1. The lowest BCUT2D eigenvalue weighted by molar-refractivity contribution is -0.137. The molecule has 0 bridgehead atoms. The van der Waals surface area contributed by atoms with Crippen LogP contribution >= 0.6 is 0 Å². The number of hydrogen-bond donors (Lipinski definition) is 1. The molecule has 1 aliphatic rings. The Labute approximate surface area is 173 Å². The average Bonchev–Trinajstić information content (AvgIpc) is 3.26. The quantitative estimate of drug-likeness (QED) is 0.669. The molecule has 0 spiro atoms. The van der Waals surface area contributed by atoms with Crippen molar-refractivity contribution in [3.05, 3.63) is 59.2 Å². The van der Waals surface area contributed by atoms with Gasteiger partial charge in [0.25, 0.3) is 0 Å². The number of carbonyl (C=O) groups is 1. The van der Waals surface area contributed by atoms with Crippen molar-refractivity contribution in [2.24, 2.45) is 11.8 Å². The number of rotatable bonds is 6. The number of hydrogen-bond acceptors (Lipinski definition) is 3. The van der Waals surface area contributed by atoms with Gasteiger partial charge in [-0.15, -0.1) is 0 Å². The zero-order valence-electron chi connectivity index (χ0n) is 16.6. The highest BCUT2D eigenvalue weighted by molar-refractivity contribution is 5.93. The van der Waals surface area contributed by atoms with Crippen LogP contribution < -0.4 is 10.1 Å². The van der Waals surface area contributed by atoms with Crippen molar-refractivity contribution in [1.82, 2.24) is 0 Å². The molecule has 3 rings (SSSR count). The van der Waals surface area contributed by atoms with E-state index in [0.717, 1.165) is 49.1 Å². The average molecular weight is 416 g/mol. The van der Waals surface area contributed by atoms with Crippen molar-refractivity contribution in [3.8, 4) is 11.8 Å². The Bertz CT molecular complexity index is 927. The molecule has 1 amide bonds. The first-order valence-electron chi connectivity index (χ1n) is 9.87. The van der Waals surface area contributed by atoms with Crippen LogP contribution in [0, 0.1) is 23.2 Å². The Hall–Kier alpha value is -3.01. The summed E-state index contributed by atoms with van der Waals surface area (Å²) in [6.07, 6.45) is -0.216. The summed E-state index contributed by atoms with van der Waals surface area (Å²) in [6, 6.07) is 12.3. The number of methoxy groups -OCH3 is 1. The Morgan fingerprint density at radius 3 is 2.43 bits per heavy atom. The molecule has 0 aromatic heterocycles. The molecule has 1 N–H and O–H groups in total. The van der Waals surface area contributed by atoms with E-state index < -0.39 is 17.3 Å². The summed E-state index contributed by atoms with van der Waals surface area (Å²) < 4.78 is 44.9. The Balaban J connectivity index is 1.82. The van der Waals surface area contributed by atoms with E-state index >= 15 is 0 Å². The van der Waals surface area contributed by atoms with Crippen molar-refractivity contribution in [3.63, 3.8) is 0 Å². The number of carbonyl (C=O) groups excluding carboxylic acids is 1. The highest BCUT2D eigenvalue weighted by atomic mass is 19.4. The number of amides is 1. The van der Waals surface area contributed by atoms with Gasteiger partial charge in [0.2, 0.25) is 5.91 Å². The van der Waals surface area contributed by atoms with E-state index in [4.69, 9.17) is 10.00 Å². The fourth-order valence-corrected chi connectivity index (χ4v) is 4.04. The third-order valence-corrected chi connectivity index (χ3v) is 5.63. The van der Waals surface area contributed by atoms with Gasteiger partial charge in [-0.3, -0.25) is 4.79 Å². The molecule has 1 aliphatic carbocycles. The minimum absolute atomic E-state index is 0.0454. The van der Waals surface area contributed by atoms with Crippen LogP contribution in [0.3, 0.4) is 0 Å². The van der Waals surface area contributed by atoms with Crippen LogP contribution in [0.1, 0.15) is 42.4 Å². The second-order valence-corrected chi connectivity index (χ2v) is 7.56. The van der Waals surface area contributed by atoms with Crippen LogP contribution in [0.2, 0.25) is 0 Å². The smallest absolute Gasteiger partial charge is 0.417 e. The number of halogens is 3. The maximum atomic E-state index is 13.2. The Morgan fingerprint density at radius 2 is 1.87 bits per heavy atom. The van der Waals surface area contributed by atoms with Crippen molar-refractivity contribution in [2.75, 3.05) is 12.4 Å². The molecule has 0 radical (unpaired) electrons. The lowest BCUT2D eigenvalue weighted by atomic mass is 9.84. The minimum Gasteiger partial charge on any atom is -0.497 e. The minimum atomic E-state index is -4.67. The van der Waals surface area contributed by atoms with Gasteiger partial charge in [0, 0.05) is 11.6 Å². The molecule has 4 nitrogen and oxygen atoms in total. The van der Waals surface area contributed by atoms with Crippen molar-refractivity contribution in [2.45, 2.75) is 38.3 Å². The highest BCUT2D eigenvalue weighted by Crippen LogP contribution is 2.36. The summed E-state index contributed by atoms with van der Waals surface area (Å²) in [5, 5.41) is 11.6. The Morgan fingerprint density at radius 1 is 1.20 bits per heavy atom. The van der Waals surface area contributed by atoms with Gasteiger partial charge in [0.15, 0.2) is 0 Å². The van der Waals surface area contributed by atoms with Gasteiger partial charge in [-0.25, -0.2) is 0 Å². The molecule has 1 unspecified atom stereocenters. The highest BCUT2D eigenvalue weighted by Gasteiger charge is 2.35. The van der Waals surface area contributed by atoms with Gasteiger partial charge in [0.05, 0.1) is 24.3 Å². The normalized spacial score (nSPS) is 15.4. The summed E-state index contributed by atoms with van der Waals surface area (Å²) in [7, 11) is 1.58. The van der Waals surface area contributed by atoms with Crippen molar-refractivity contribution < 1.29 is 22.7 Å². The summed E-state index contributed by atoms with van der Waals surface area (Å²) in [5.74, 6) is 0.270. The monoisotopic (exact) mass is 416 g/mol. The van der Waals surface area contributed by atoms with E-state index in [1.807, 2.05) is 24.3 Å². The first-order valence-corrected chi connectivity index (χ1v) is 9.87. The fourth-order valence-electron chi connectivity index (χ4n) is 4.04. The van der Waals surface area contributed by atoms with Gasteiger partial charge in [-0.1, -0.05) is 25.0 Å². The fraction of sp³-hybridized carbons (Fsp3) is 0.391. The van der Waals surface area contributed by atoms with Gasteiger partial charge >= 0.3 is 6.18 Å². The first kappa shape index (κ1) is 21.7. The van der Waals surface area contributed by atoms with E-state index in [2.05, 4.69) is 5.32 Å². The molecule has 0 aliphatic heterocycles. The molecule has 2 aromatic rings. The molecular weight excluding hydrogens is 393 g/mol. The van der Waals surface area contributed by atoms with Crippen LogP contribution in [0.25, 0.3) is 0 Å². The second kappa shape index (κ2) is 9.21. The summed E-state index contributed by atoms with van der Waals surface area (Å²) in [5.41, 5.74) is -0.496. The van der Waals surface area contributed by atoms with E-state index in [1.54, 1.807) is 13.2 Å². The van der Waals surface area contributed by atoms with Crippen LogP contribution in [0.4, 0.5) is 18.9 Å². The number of benzene rings is 2. The molecule has 0 saturated heterocycles. The zero-order chi connectivity index (χ0) is 21.7. The molecule has 0 heterocycles. The maximum absolute atomic E-state index is 13.2. The van der Waals surface area contributed by atoms with Crippen molar-refractivity contribution >= 4 is 11.6 Å². The number of alkyl halides is 3. The number of nitrogens with zero attached hydrogens (tertiary/aromatic N) is 1. The molecule has 1 saturated carbocycles. The van der Waals surface area contributed by atoms with E-state index in [0.29, 0.717) is 6.42 Å². The van der Waals surface area contributed by atoms with E-state index in [1.165, 1.54) is 6.07 Å². The largest absolute Gasteiger partial charge is 0.497 e. The predicted molar refractivity (Wildman–Crippen MR) is 107 cm³/mol. The zero-order valence-corrected chi connectivity index (χ0v) is 16.6.